The average molecular weight is 420 g/mol. The van der Waals surface area contributed by atoms with E-state index in [0.29, 0.717) is 6.04 Å². The van der Waals surface area contributed by atoms with Gasteiger partial charge in [-0.05, 0) is 60.8 Å². The third-order valence-corrected chi connectivity index (χ3v) is 5.29. The third-order valence-electron chi connectivity index (χ3n) is 4.83. The number of halogens is 1. The molecular formula is C19H26BrN5O. The normalized spacial score (nSPS) is 20.3. The van der Waals surface area contributed by atoms with E-state index in [9.17, 15) is 4.79 Å². The lowest BCUT2D eigenvalue weighted by molar-refractivity contribution is -0.109. The van der Waals surface area contributed by atoms with Crippen LogP contribution in [-0.2, 0) is 4.79 Å². The van der Waals surface area contributed by atoms with Gasteiger partial charge in [-0.2, -0.15) is 0 Å². The summed E-state index contributed by atoms with van der Waals surface area (Å²) in [4.78, 5) is 23.9. The molecule has 26 heavy (non-hydrogen) atoms. The predicted octanol–water partition coefficient (Wildman–Crippen LogP) is 3.67. The van der Waals surface area contributed by atoms with Crippen LogP contribution in [0.25, 0.3) is 0 Å². The maximum absolute atomic E-state index is 11.8. The molecule has 1 aliphatic rings. The van der Waals surface area contributed by atoms with Gasteiger partial charge in [-0.15, -0.1) is 0 Å². The molecule has 7 heteroatoms. The maximum Gasteiger partial charge on any atom is 0.151 e. The lowest BCUT2D eigenvalue weighted by Gasteiger charge is -2.41. The van der Waals surface area contributed by atoms with E-state index < -0.39 is 0 Å². The summed E-state index contributed by atoms with van der Waals surface area (Å²) in [5.41, 5.74) is 1.03. The Hall–Kier alpha value is -2.02. The van der Waals surface area contributed by atoms with Crippen molar-refractivity contribution in [2.24, 2.45) is 0 Å². The first-order chi connectivity index (χ1) is 12.5. The van der Waals surface area contributed by atoms with Crippen LogP contribution in [0.5, 0.6) is 0 Å². The molecule has 140 valence electrons. The molecule has 3 rings (SSSR count). The minimum atomic E-state index is -0.146. The van der Waals surface area contributed by atoms with Crippen LogP contribution in [0.2, 0.25) is 0 Å². The SMILES string of the molecule is CC(C)Nc1cccnc1N(C)C1CCN(c2cc(Br)c[nH]2)C(C=O)C1. The zero-order valence-corrected chi connectivity index (χ0v) is 17.0. The minimum absolute atomic E-state index is 0.146. The highest BCUT2D eigenvalue weighted by atomic mass is 79.9. The first-order valence-electron chi connectivity index (χ1n) is 9.00. The number of carbonyl (C=O) groups excluding carboxylic acids is 1. The van der Waals surface area contributed by atoms with Gasteiger partial charge in [0.25, 0.3) is 0 Å². The van der Waals surface area contributed by atoms with Crippen molar-refractivity contribution in [2.45, 2.75) is 44.8 Å². The van der Waals surface area contributed by atoms with Crippen LogP contribution in [0.4, 0.5) is 17.3 Å². The smallest absolute Gasteiger partial charge is 0.151 e. The molecule has 6 nitrogen and oxygen atoms in total. The Kier molecular flexibility index (Phi) is 5.86. The summed E-state index contributed by atoms with van der Waals surface area (Å²) in [6.45, 7) is 5.06. The van der Waals surface area contributed by atoms with Crippen LogP contribution in [0, 0.1) is 0 Å². The van der Waals surface area contributed by atoms with Crippen LogP contribution in [0.15, 0.2) is 35.1 Å². The number of hydrogen-bond acceptors (Lipinski definition) is 5. The molecule has 2 unspecified atom stereocenters. The molecule has 2 aromatic rings. The quantitative estimate of drug-likeness (QED) is 0.699. The number of pyridine rings is 1. The lowest BCUT2D eigenvalue weighted by atomic mass is 9.96. The number of nitrogens with zero attached hydrogens (tertiary/aromatic N) is 3. The number of anilines is 3. The van der Waals surface area contributed by atoms with E-state index in [0.717, 1.165) is 47.5 Å². The highest BCUT2D eigenvalue weighted by Gasteiger charge is 2.32. The number of hydrogen-bond donors (Lipinski definition) is 2. The van der Waals surface area contributed by atoms with E-state index in [2.05, 4.69) is 68.0 Å². The molecule has 0 amide bonds. The van der Waals surface area contributed by atoms with Gasteiger partial charge in [-0.1, -0.05) is 0 Å². The van der Waals surface area contributed by atoms with Crippen molar-refractivity contribution < 1.29 is 4.79 Å². The maximum atomic E-state index is 11.8. The number of H-pyrrole nitrogens is 1. The van der Waals surface area contributed by atoms with Gasteiger partial charge in [0, 0.05) is 42.5 Å². The molecule has 0 radical (unpaired) electrons. The van der Waals surface area contributed by atoms with Crippen molar-refractivity contribution in [3.8, 4) is 0 Å². The zero-order chi connectivity index (χ0) is 18.7. The van der Waals surface area contributed by atoms with E-state index in [1.54, 1.807) is 0 Å². The second-order valence-corrected chi connectivity index (χ2v) is 7.98. The topological polar surface area (TPSA) is 64.3 Å². The van der Waals surface area contributed by atoms with Crippen molar-refractivity contribution in [3.05, 3.63) is 35.1 Å². The lowest BCUT2D eigenvalue weighted by Crippen LogP contribution is -2.50. The van der Waals surface area contributed by atoms with E-state index in [4.69, 9.17) is 0 Å². The molecule has 0 bridgehead atoms. The third kappa shape index (κ3) is 4.03. The molecule has 2 atom stereocenters. The Morgan fingerprint density at radius 3 is 2.96 bits per heavy atom. The van der Waals surface area contributed by atoms with Crippen molar-refractivity contribution in [1.29, 1.82) is 0 Å². The van der Waals surface area contributed by atoms with Crippen LogP contribution in [-0.4, -0.2) is 48.0 Å². The largest absolute Gasteiger partial charge is 0.380 e. The fourth-order valence-electron chi connectivity index (χ4n) is 3.55. The van der Waals surface area contributed by atoms with Crippen molar-refractivity contribution in [3.63, 3.8) is 0 Å². The number of aromatic nitrogens is 2. The molecule has 0 spiro atoms. The Morgan fingerprint density at radius 1 is 1.50 bits per heavy atom. The van der Waals surface area contributed by atoms with Gasteiger partial charge >= 0.3 is 0 Å². The summed E-state index contributed by atoms with van der Waals surface area (Å²) < 4.78 is 0.995. The first-order valence-corrected chi connectivity index (χ1v) is 9.79. The number of carbonyl (C=O) groups is 1. The van der Waals surface area contributed by atoms with E-state index >= 15 is 0 Å². The Labute approximate surface area is 163 Å². The molecule has 0 aromatic carbocycles. The second-order valence-electron chi connectivity index (χ2n) is 7.06. The van der Waals surface area contributed by atoms with Gasteiger partial charge in [-0.3, -0.25) is 0 Å². The van der Waals surface area contributed by atoms with Crippen LogP contribution in [0.3, 0.4) is 0 Å². The second kappa shape index (κ2) is 8.12. The van der Waals surface area contributed by atoms with E-state index in [-0.39, 0.29) is 12.1 Å². The molecular weight excluding hydrogens is 394 g/mol. The number of nitrogens with one attached hydrogen (secondary N) is 2. The average Bonchev–Trinajstić information content (AvgIpc) is 3.06. The number of rotatable bonds is 6. The highest BCUT2D eigenvalue weighted by Crippen LogP contribution is 2.31. The van der Waals surface area contributed by atoms with Crippen molar-refractivity contribution in [2.75, 3.05) is 28.7 Å². The molecule has 1 aliphatic heterocycles. The number of piperidine rings is 1. The van der Waals surface area contributed by atoms with Gasteiger partial charge in [-0.25, -0.2) is 4.98 Å². The predicted molar refractivity (Wildman–Crippen MR) is 110 cm³/mol. The molecule has 0 aliphatic carbocycles. The molecule has 2 aromatic heterocycles. The molecule has 1 fully saturated rings. The van der Waals surface area contributed by atoms with Crippen LogP contribution in [0.1, 0.15) is 26.7 Å². The number of aldehydes is 1. The zero-order valence-electron chi connectivity index (χ0n) is 15.4. The van der Waals surface area contributed by atoms with Crippen LogP contribution < -0.4 is 15.1 Å². The Morgan fingerprint density at radius 2 is 2.31 bits per heavy atom. The summed E-state index contributed by atoms with van der Waals surface area (Å²) in [6.07, 6.45) is 6.51. The van der Waals surface area contributed by atoms with Crippen LogP contribution >= 0.6 is 15.9 Å². The van der Waals surface area contributed by atoms with E-state index in [1.165, 1.54) is 0 Å². The highest BCUT2D eigenvalue weighted by molar-refractivity contribution is 9.10. The van der Waals surface area contributed by atoms with E-state index in [1.807, 2.05) is 24.5 Å². The summed E-state index contributed by atoms with van der Waals surface area (Å²) in [5.74, 6) is 1.92. The monoisotopic (exact) mass is 419 g/mol. The summed E-state index contributed by atoms with van der Waals surface area (Å²) >= 11 is 3.46. The minimum Gasteiger partial charge on any atom is -0.380 e. The van der Waals surface area contributed by atoms with Crippen molar-refractivity contribution in [1.82, 2.24) is 9.97 Å². The summed E-state index contributed by atoms with van der Waals surface area (Å²) in [7, 11) is 2.07. The summed E-state index contributed by atoms with van der Waals surface area (Å²) in [6, 6.07) is 6.48. The van der Waals surface area contributed by atoms with Gasteiger partial charge in [0.2, 0.25) is 0 Å². The van der Waals surface area contributed by atoms with Gasteiger partial charge in [0.1, 0.15) is 12.1 Å². The fraction of sp³-hybridized carbons (Fsp3) is 0.474. The molecule has 3 heterocycles. The Bertz CT molecular complexity index is 747. The fourth-order valence-corrected chi connectivity index (χ4v) is 3.89. The molecule has 1 saturated heterocycles. The van der Waals surface area contributed by atoms with Gasteiger partial charge < -0.3 is 24.9 Å². The molecule has 2 N–H and O–H groups in total. The van der Waals surface area contributed by atoms with Gasteiger partial charge in [0.15, 0.2) is 5.82 Å². The van der Waals surface area contributed by atoms with Gasteiger partial charge in [0.05, 0.1) is 11.7 Å². The first kappa shape index (κ1) is 18.8. The standard InChI is InChI=1S/C19H26BrN5O/c1-13(2)23-17-5-4-7-21-19(17)24(3)15-6-8-25(16(10-15)12-26)18-9-14(20)11-22-18/h4-5,7,9,11-13,15-16,22-23H,6,8,10H2,1-3H3. The molecule has 0 saturated carbocycles. The van der Waals surface area contributed by atoms with Crippen molar-refractivity contribution >= 4 is 39.5 Å². The number of aromatic amines is 1. The Balaban J connectivity index is 1.76. The summed E-state index contributed by atoms with van der Waals surface area (Å²) in [5, 5.41) is 3.46.